The third kappa shape index (κ3) is 4.12. The fourth-order valence-corrected chi connectivity index (χ4v) is 0.985. The molecule has 0 unspecified atom stereocenters. The highest BCUT2D eigenvalue weighted by Crippen LogP contribution is 2.11. The Morgan fingerprint density at radius 3 is 2.93 bits per heavy atom. The van der Waals surface area contributed by atoms with Gasteiger partial charge in [-0.25, -0.2) is 0 Å². The lowest BCUT2D eigenvalue weighted by Crippen LogP contribution is -2.07. The molecule has 0 bridgehead atoms. The van der Waals surface area contributed by atoms with E-state index in [0.29, 0.717) is 19.1 Å². The normalized spacial score (nSPS) is 9.73. The van der Waals surface area contributed by atoms with Crippen molar-refractivity contribution in [3.63, 3.8) is 0 Å². The van der Waals surface area contributed by atoms with Gasteiger partial charge >= 0.3 is 6.01 Å². The number of rotatable bonds is 6. The van der Waals surface area contributed by atoms with E-state index < -0.39 is 0 Å². The molecular formula is C9H13ClN4O. The van der Waals surface area contributed by atoms with E-state index in [1.54, 1.807) is 6.08 Å². The first-order chi connectivity index (χ1) is 7.26. The van der Waals surface area contributed by atoms with Gasteiger partial charge in [-0.3, -0.25) is 0 Å². The summed E-state index contributed by atoms with van der Waals surface area (Å²) in [6.45, 7) is 6.69. The topological polar surface area (TPSA) is 59.9 Å². The van der Waals surface area contributed by atoms with Crippen LogP contribution in [0, 0.1) is 0 Å². The highest BCUT2D eigenvalue weighted by atomic mass is 35.5. The van der Waals surface area contributed by atoms with E-state index in [2.05, 4.69) is 26.8 Å². The molecule has 0 aliphatic heterocycles. The van der Waals surface area contributed by atoms with Gasteiger partial charge in [0.2, 0.25) is 11.2 Å². The van der Waals surface area contributed by atoms with Gasteiger partial charge in [0.15, 0.2) is 0 Å². The van der Waals surface area contributed by atoms with Crippen LogP contribution < -0.4 is 10.1 Å². The number of hydrogen-bond acceptors (Lipinski definition) is 5. The van der Waals surface area contributed by atoms with Crippen molar-refractivity contribution in [2.24, 2.45) is 0 Å². The van der Waals surface area contributed by atoms with E-state index in [9.17, 15) is 0 Å². The minimum Gasteiger partial charge on any atom is -0.463 e. The second-order valence-corrected chi connectivity index (χ2v) is 3.07. The molecule has 6 heteroatoms. The van der Waals surface area contributed by atoms with Gasteiger partial charge in [-0.1, -0.05) is 13.0 Å². The van der Waals surface area contributed by atoms with Crippen LogP contribution in [0.15, 0.2) is 12.7 Å². The molecule has 0 aliphatic carbocycles. The average Bonchev–Trinajstić information content (AvgIpc) is 2.23. The lowest BCUT2D eigenvalue weighted by Gasteiger charge is -2.05. The molecule has 1 aromatic rings. The number of nitrogens with zero attached hydrogens (tertiary/aromatic N) is 3. The summed E-state index contributed by atoms with van der Waals surface area (Å²) in [5.74, 6) is 0.390. The molecule has 1 rings (SSSR count). The van der Waals surface area contributed by atoms with Gasteiger partial charge in [-0.05, 0) is 18.0 Å². The summed E-state index contributed by atoms with van der Waals surface area (Å²) < 4.78 is 5.24. The van der Waals surface area contributed by atoms with Crippen LogP contribution in [0.5, 0.6) is 6.01 Å². The molecule has 0 saturated carbocycles. The summed E-state index contributed by atoms with van der Waals surface area (Å²) in [5, 5.41) is 3.02. The molecule has 0 aliphatic rings. The highest BCUT2D eigenvalue weighted by molar-refractivity contribution is 6.28. The molecule has 0 spiro atoms. The first kappa shape index (κ1) is 11.7. The third-order valence-corrected chi connectivity index (χ3v) is 1.60. The van der Waals surface area contributed by atoms with Crippen molar-refractivity contribution in [3.05, 3.63) is 17.9 Å². The molecule has 0 atom stereocenters. The van der Waals surface area contributed by atoms with E-state index in [1.165, 1.54) is 0 Å². The predicted octanol–water partition coefficient (Wildman–Crippen LogP) is 1.91. The smallest absolute Gasteiger partial charge is 0.322 e. The van der Waals surface area contributed by atoms with Crippen molar-refractivity contribution < 1.29 is 4.74 Å². The van der Waals surface area contributed by atoms with Gasteiger partial charge in [0, 0.05) is 6.54 Å². The molecule has 1 heterocycles. The Kier molecular flexibility index (Phi) is 4.83. The Hall–Kier alpha value is -1.36. The lowest BCUT2D eigenvalue weighted by molar-refractivity contribution is 0.291. The van der Waals surface area contributed by atoms with Gasteiger partial charge in [0.25, 0.3) is 0 Å². The van der Waals surface area contributed by atoms with Crippen LogP contribution in [0.3, 0.4) is 0 Å². The van der Waals surface area contributed by atoms with Crippen molar-refractivity contribution in [3.8, 4) is 6.01 Å². The number of ether oxygens (including phenoxy) is 1. The first-order valence-corrected chi connectivity index (χ1v) is 5.03. The minimum absolute atomic E-state index is 0.114. The molecule has 82 valence electrons. The standard InChI is InChI=1S/C9H13ClN4O/c1-3-5-11-8-12-7(10)13-9(14-8)15-6-4-2/h3H,1,4-6H2,2H3,(H,11,12,13,14). The summed E-state index contributed by atoms with van der Waals surface area (Å²) in [4.78, 5) is 11.7. The van der Waals surface area contributed by atoms with Crippen LogP contribution in [-0.2, 0) is 0 Å². The molecule has 1 aromatic heterocycles. The van der Waals surface area contributed by atoms with Crippen LogP contribution in [0.25, 0.3) is 0 Å². The van der Waals surface area contributed by atoms with Crippen molar-refractivity contribution in [2.45, 2.75) is 13.3 Å². The second-order valence-electron chi connectivity index (χ2n) is 2.73. The zero-order valence-corrected chi connectivity index (χ0v) is 9.29. The summed E-state index contributed by atoms with van der Waals surface area (Å²) in [6.07, 6.45) is 2.59. The van der Waals surface area contributed by atoms with Crippen molar-refractivity contribution >= 4 is 17.5 Å². The number of aromatic nitrogens is 3. The molecule has 0 amide bonds. The average molecular weight is 229 g/mol. The van der Waals surface area contributed by atoms with E-state index in [-0.39, 0.29) is 11.3 Å². The summed E-state index contributed by atoms with van der Waals surface area (Å²) in [7, 11) is 0. The molecule has 0 fully saturated rings. The fourth-order valence-electron chi connectivity index (χ4n) is 0.832. The molecule has 0 saturated heterocycles. The first-order valence-electron chi connectivity index (χ1n) is 4.65. The van der Waals surface area contributed by atoms with Crippen LogP contribution in [-0.4, -0.2) is 28.1 Å². The monoisotopic (exact) mass is 228 g/mol. The lowest BCUT2D eigenvalue weighted by atomic mass is 10.5. The van der Waals surface area contributed by atoms with Gasteiger partial charge < -0.3 is 10.1 Å². The number of hydrogen-bond donors (Lipinski definition) is 1. The Labute approximate surface area is 93.6 Å². The zero-order chi connectivity index (χ0) is 11.1. The van der Waals surface area contributed by atoms with Gasteiger partial charge in [-0.2, -0.15) is 15.0 Å². The maximum atomic E-state index is 5.70. The van der Waals surface area contributed by atoms with E-state index >= 15 is 0 Å². The van der Waals surface area contributed by atoms with E-state index in [1.807, 2.05) is 6.92 Å². The van der Waals surface area contributed by atoms with Crippen molar-refractivity contribution in [2.75, 3.05) is 18.5 Å². The predicted molar refractivity (Wildman–Crippen MR) is 59.3 cm³/mol. The maximum absolute atomic E-state index is 5.70. The van der Waals surface area contributed by atoms with Gasteiger partial charge in [-0.15, -0.1) is 6.58 Å². The van der Waals surface area contributed by atoms with Crippen molar-refractivity contribution in [1.29, 1.82) is 0 Å². The fraction of sp³-hybridized carbons (Fsp3) is 0.444. The molecule has 5 nitrogen and oxygen atoms in total. The summed E-state index contributed by atoms with van der Waals surface area (Å²) >= 11 is 5.70. The molecular weight excluding hydrogens is 216 g/mol. The Morgan fingerprint density at radius 2 is 2.27 bits per heavy atom. The van der Waals surface area contributed by atoms with E-state index in [4.69, 9.17) is 16.3 Å². The van der Waals surface area contributed by atoms with Crippen molar-refractivity contribution in [1.82, 2.24) is 15.0 Å². The van der Waals surface area contributed by atoms with Crippen LogP contribution in [0.1, 0.15) is 13.3 Å². The maximum Gasteiger partial charge on any atom is 0.322 e. The Morgan fingerprint density at radius 1 is 1.47 bits per heavy atom. The Balaban J connectivity index is 2.70. The van der Waals surface area contributed by atoms with Gasteiger partial charge in [0.1, 0.15) is 0 Å². The summed E-state index contributed by atoms with van der Waals surface area (Å²) in [5.41, 5.74) is 0. The SMILES string of the molecule is C=CCNc1nc(Cl)nc(OCCC)n1. The molecule has 1 N–H and O–H groups in total. The largest absolute Gasteiger partial charge is 0.463 e. The quantitative estimate of drug-likeness (QED) is 0.754. The third-order valence-electron chi connectivity index (χ3n) is 1.43. The van der Waals surface area contributed by atoms with Crippen LogP contribution in [0.2, 0.25) is 5.28 Å². The van der Waals surface area contributed by atoms with Crippen LogP contribution in [0.4, 0.5) is 5.95 Å². The van der Waals surface area contributed by atoms with Gasteiger partial charge in [0.05, 0.1) is 6.61 Å². The number of nitrogens with one attached hydrogen (secondary N) is 1. The second kappa shape index (κ2) is 6.19. The molecule has 0 radical (unpaired) electrons. The zero-order valence-electron chi connectivity index (χ0n) is 8.53. The number of halogens is 1. The molecule has 15 heavy (non-hydrogen) atoms. The highest BCUT2D eigenvalue weighted by Gasteiger charge is 2.04. The van der Waals surface area contributed by atoms with Crippen LogP contribution >= 0.6 is 11.6 Å². The number of anilines is 1. The summed E-state index contributed by atoms with van der Waals surface area (Å²) in [6, 6.07) is 0.239. The Bertz CT molecular complexity index is 332. The molecule has 0 aromatic carbocycles. The minimum atomic E-state index is 0.114. The van der Waals surface area contributed by atoms with E-state index in [0.717, 1.165) is 6.42 Å².